The summed E-state index contributed by atoms with van der Waals surface area (Å²) in [6.07, 6.45) is 1.06. The molecule has 0 fully saturated rings. The lowest BCUT2D eigenvalue weighted by molar-refractivity contribution is -0.116. The van der Waals surface area contributed by atoms with Crippen molar-refractivity contribution in [3.63, 3.8) is 0 Å². The summed E-state index contributed by atoms with van der Waals surface area (Å²) in [6, 6.07) is 14.7. The Hall–Kier alpha value is -2.24. The van der Waals surface area contributed by atoms with E-state index in [1.54, 1.807) is 0 Å². The number of rotatable bonds is 8. The van der Waals surface area contributed by atoms with Gasteiger partial charge in [-0.2, -0.15) is 0 Å². The van der Waals surface area contributed by atoms with Crippen molar-refractivity contribution in [2.24, 2.45) is 5.73 Å². The highest BCUT2D eigenvalue weighted by atomic mass is 35.5. The van der Waals surface area contributed by atoms with E-state index in [9.17, 15) is 4.79 Å². The number of hydrogen-bond acceptors (Lipinski definition) is 4. The zero-order chi connectivity index (χ0) is 16.5. The molecule has 0 aliphatic carbocycles. The molecule has 0 saturated heterocycles. The Kier molecular flexibility index (Phi) is 8.68. The molecule has 1 amide bonds. The number of carbonyl (C=O) groups excluding carboxylic acids is 1. The molecule has 0 atom stereocenters. The van der Waals surface area contributed by atoms with Crippen molar-refractivity contribution < 1.29 is 14.3 Å². The van der Waals surface area contributed by atoms with E-state index in [2.05, 4.69) is 5.32 Å². The van der Waals surface area contributed by atoms with Crippen molar-refractivity contribution in [3.05, 3.63) is 48.5 Å². The van der Waals surface area contributed by atoms with E-state index in [1.807, 2.05) is 55.5 Å². The number of benzene rings is 2. The summed E-state index contributed by atoms with van der Waals surface area (Å²) in [6.45, 7) is 3.06. The molecule has 6 heteroatoms. The average molecular weight is 351 g/mol. The summed E-state index contributed by atoms with van der Waals surface area (Å²) in [5, 5.41) is 2.85. The molecule has 0 saturated carbocycles. The van der Waals surface area contributed by atoms with E-state index in [1.165, 1.54) is 0 Å². The third-order valence-electron chi connectivity index (χ3n) is 3.13. The van der Waals surface area contributed by atoms with Gasteiger partial charge >= 0.3 is 0 Å². The first-order valence-electron chi connectivity index (χ1n) is 7.72. The van der Waals surface area contributed by atoms with Crippen LogP contribution in [0.4, 0.5) is 5.69 Å². The third-order valence-corrected chi connectivity index (χ3v) is 3.13. The van der Waals surface area contributed by atoms with Crippen LogP contribution in [0, 0.1) is 0 Å². The number of anilines is 1. The van der Waals surface area contributed by atoms with Crippen LogP contribution < -0.4 is 20.5 Å². The number of para-hydroxylation sites is 2. The quantitative estimate of drug-likeness (QED) is 0.755. The van der Waals surface area contributed by atoms with Crippen molar-refractivity contribution in [3.8, 4) is 17.2 Å². The van der Waals surface area contributed by atoms with Crippen LogP contribution in [-0.4, -0.2) is 19.1 Å². The second-order valence-electron chi connectivity index (χ2n) is 4.94. The average Bonchev–Trinajstić information content (AvgIpc) is 2.57. The Morgan fingerprint density at radius 1 is 1.08 bits per heavy atom. The molecular weight excluding hydrogens is 328 g/mol. The van der Waals surface area contributed by atoms with Gasteiger partial charge in [0.2, 0.25) is 5.91 Å². The van der Waals surface area contributed by atoms with E-state index in [4.69, 9.17) is 15.2 Å². The molecule has 0 radical (unpaired) electrons. The zero-order valence-electron chi connectivity index (χ0n) is 13.7. The lowest BCUT2D eigenvalue weighted by atomic mass is 10.2. The number of nitrogens with one attached hydrogen (secondary N) is 1. The normalized spacial score (nSPS) is 9.75. The van der Waals surface area contributed by atoms with Crippen LogP contribution in [-0.2, 0) is 4.79 Å². The maximum Gasteiger partial charge on any atom is 0.224 e. The summed E-state index contributed by atoms with van der Waals surface area (Å²) in [5.41, 5.74) is 6.06. The molecule has 130 valence electrons. The smallest absolute Gasteiger partial charge is 0.224 e. The van der Waals surface area contributed by atoms with Crippen LogP contribution in [0.2, 0.25) is 0 Å². The van der Waals surface area contributed by atoms with Gasteiger partial charge in [-0.1, -0.05) is 12.1 Å². The van der Waals surface area contributed by atoms with E-state index in [-0.39, 0.29) is 18.3 Å². The largest absolute Gasteiger partial charge is 0.494 e. The van der Waals surface area contributed by atoms with E-state index < -0.39 is 0 Å². The first-order valence-corrected chi connectivity index (χ1v) is 7.72. The zero-order valence-corrected chi connectivity index (χ0v) is 14.5. The van der Waals surface area contributed by atoms with Gasteiger partial charge in [-0.3, -0.25) is 4.79 Å². The lowest BCUT2D eigenvalue weighted by Gasteiger charge is -2.12. The van der Waals surface area contributed by atoms with Crippen LogP contribution in [0.15, 0.2) is 48.5 Å². The van der Waals surface area contributed by atoms with Crippen molar-refractivity contribution in [2.75, 3.05) is 18.5 Å². The van der Waals surface area contributed by atoms with Crippen molar-refractivity contribution in [1.29, 1.82) is 0 Å². The molecule has 0 heterocycles. The molecule has 5 nitrogen and oxygen atoms in total. The van der Waals surface area contributed by atoms with Gasteiger partial charge in [-0.05, 0) is 56.3 Å². The van der Waals surface area contributed by atoms with Gasteiger partial charge in [0.25, 0.3) is 0 Å². The Bertz CT molecular complexity index is 632. The Balaban J connectivity index is 0.00000288. The van der Waals surface area contributed by atoms with Crippen molar-refractivity contribution in [2.45, 2.75) is 19.8 Å². The van der Waals surface area contributed by atoms with Gasteiger partial charge in [0, 0.05) is 6.42 Å². The molecular formula is C18H23ClN2O3. The van der Waals surface area contributed by atoms with Gasteiger partial charge in [0.1, 0.15) is 11.5 Å². The molecule has 2 aromatic rings. The highest BCUT2D eigenvalue weighted by molar-refractivity contribution is 5.92. The van der Waals surface area contributed by atoms with Gasteiger partial charge in [0.15, 0.2) is 5.75 Å². The molecule has 0 aromatic heterocycles. The maximum absolute atomic E-state index is 11.9. The number of halogens is 1. The summed E-state index contributed by atoms with van der Waals surface area (Å²) < 4.78 is 11.3. The molecule has 0 aliphatic rings. The standard InChI is InChI=1S/C18H22N2O3.ClH/c1-2-22-14-9-11-15(12-10-14)23-17-7-4-3-6-16(17)20-18(21)8-5-13-19;/h3-4,6-7,9-12H,2,5,8,13,19H2,1H3,(H,20,21);1H. The third kappa shape index (κ3) is 6.10. The number of nitrogens with two attached hydrogens (primary N) is 1. The van der Waals surface area contributed by atoms with E-state index in [0.717, 1.165) is 5.75 Å². The fraction of sp³-hybridized carbons (Fsp3) is 0.278. The van der Waals surface area contributed by atoms with Gasteiger partial charge in [0.05, 0.1) is 12.3 Å². The lowest BCUT2D eigenvalue weighted by Crippen LogP contribution is -2.13. The van der Waals surface area contributed by atoms with Crippen LogP contribution in [0.25, 0.3) is 0 Å². The van der Waals surface area contributed by atoms with Crippen molar-refractivity contribution >= 4 is 24.0 Å². The predicted molar refractivity (Wildman–Crippen MR) is 98.3 cm³/mol. The topological polar surface area (TPSA) is 73.6 Å². The second kappa shape index (κ2) is 10.5. The van der Waals surface area contributed by atoms with Gasteiger partial charge in [-0.25, -0.2) is 0 Å². The van der Waals surface area contributed by atoms with E-state index in [0.29, 0.717) is 43.2 Å². The summed E-state index contributed by atoms with van der Waals surface area (Å²) in [4.78, 5) is 11.9. The summed E-state index contributed by atoms with van der Waals surface area (Å²) in [7, 11) is 0. The monoisotopic (exact) mass is 350 g/mol. The Labute approximate surface area is 148 Å². The fourth-order valence-electron chi connectivity index (χ4n) is 2.03. The van der Waals surface area contributed by atoms with Crippen LogP contribution >= 0.6 is 12.4 Å². The molecule has 2 rings (SSSR count). The number of ether oxygens (including phenoxy) is 2. The number of amides is 1. The minimum absolute atomic E-state index is 0. The second-order valence-corrected chi connectivity index (χ2v) is 4.94. The molecule has 0 unspecified atom stereocenters. The first-order chi connectivity index (χ1) is 11.2. The fourth-order valence-corrected chi connectivity index (χ4v) is 2.03. The highest BCUT2D eigenvalue weighted by Crippen LogP contribution is 2.30. The summed E-state index contributed by atoms with van der Waals surface area (Å²) in [5.74, 6) is 2.00. The maximum atomic E-state index is 11.9. The minimum Gasteiger partial charge on any atom is -0.494 e. The van der Waals surface area contributed by atoms with Gasteiger partial charge < -0.3 is 20.5 Å². The molecule has 2 aromatic carbocycles. The first kappa shape index (κ1) is 19.8. The molecule has 0 bridgehead atoms. The molecule has 0 spiro atoms. The van der Waals surface area contributed by atoms with Crippen molar-refractivity contribution in [1.82, 2.24) is 0 Å². The molecule has 0 aliphatic heterocycles. The van der Waals surface area contributed by atoms with Crippen LogP contribution in [0.3, 0.4) is 0 Å². The Morgan fingerprint density at radius 3 is 2.42 bits per heavy atom. The van der Waals surface area contributed by atoms with E-state index >= 15 is 0 Å². The van der Waals surface area contributed by atoms with Crippen LogP contribution in [0.5, 0.6) is 17.2 Å². The summed E-state index contributed by atoms with van der Waals surface area (Å²) >= 11 is 0. The minimum atomic E-state index is -0.0711. The highest BCUT2D eigenvalue weighted by Gasteiger charge is 2.08. The molecule has 24 heavy (non-hydrogen) atoms. The van der Waals surface area contributed by atoms with Crippen LogP contribution in [0.1, 0.15) is 19.8 Å². The SMILES string of the molecule is CCOc1ccc(Oc2ccccc2NC(=O)CCCN)cc1.Cl. The Morgan fingerprint density at radius 2 is 1.75 bits per heavy atom. The van der Waals surface area contributed by atoms with Gasteiger partial charge in [-0.15, -0.1) is 12.4 Å². The number of hydrogen-bond donors (Lipinski definition) is 2. The molecule has 3 N–H and O–H groups in total. The predicted octanol–water partition coefficient (Wildman–Crippen LogP) is 3.98. The number of carbonyl (C=O) groups is 1.